The summed E-state index contributed by atoms with van der Waals surface area (Å²) in [6, 6.07) is 6.33. The lowest BCUT2D eigenvalue weighted by atomic mass is 10.1. The first-order valence-corrected chi connectivity index (χ1v) is 7.61. The minimum absolute atomic E-state index is 0.0913. The second kappa shape index (κ2) is 4.72. The first kappa shape index (κ1) is 12.6. The van der Waals surface area contributed by atoms with Gasteiger partial charge >= 0.3 is 0 Å². The molecule has 0 saturated heterocycles. The van der Waals surface area contributed by atoms with Crippen molar-refractivity contribution in [3.8, 4) is 0 Å². The van der Waals surface area contributed by atoms with Crippen LogP contribution in [0.15, 0.2) is 30.7 Å². The van der Waals surface area contributed by atoms with Crippen LogP contribution in [0.1, 0.15) is 35.6 Å². The van der Waals surface area contributed by atoms with Crippen molar-refractivity contribution in [3.63, 3.8) is 0 Å². The summed E-state index contributed by atoms with van der Waals surface area (Å²) in [6.45, 7) is 0. The summed E-state index contributed by atoms with van der Waals surface area (Å²) in [5.74, 6) is 0.555. The van der Waals surface area contributed by atoms with Gasteiger partial charge in [0, 0.05) is 36.5 Å². The van der Waals surface area contributed by atoms with E-state index in [1.54, 1.807) is 6.33 Å². The Balaban J connectivity index is 1.44. The van der Waals surface area contributed by atoms with E-state index in [0.29, 0.717) is 5.92 Å². The number of fused-ring (bicyclic) bond motifs is 1. The minimum atomic E-state index is 0.0913. The molecule has 2 atom stereocenters. The lowest BCUT2D eigenvalue weighted by Crippen LogP contribution is -2.15. The van der Waals surface area contributed by atoms with Gasteiger partial charge in [-0.1, -0.05) is 6.07 Å². The fourth-order valence-electron chi connectivity index (χ4n) is 3.42. The number of anilines is 1. The van der Waals surface area contributed by atoms with Gasteiger partial charge in [-0.25, -0.2) is 4.98 Å². The fraction of sp³-hybridized carbons (Fsp3) is 0.412. The van der Waals surface area contributed by atoms with E-state index >= 15 is 0 Å². The van der Waals surface area contributed by atoms with Gasteiger partial charge in [-0.2, -0.15) is 0 Å². The van der Waals surface area contributed by atoms with Gasteiger partial charge in [0.2, 0.25) is 5.91 Å². The molecule has 1 saturated carbocycles. The highest BCUT2D eigenvalue weighted by atomic mass is 16.2. The van der Waals surface area contributed by atoms with Crippen LogP contribution in [0.25, 0.3) is 0 Å². The van der Waals surface area contributed by atoms with Gasteiger partial charge in [0.05, 0.1) is 6.33 Å². The summed E-state index contributed by atoms with van der Waals surface area (Å²) in [7, 11) is 1.98. The Morgan fingerprint density at radius 3 is 3.00 bits per heavy atom. The molecule has 4 nitrogen and oxygen atoms in total. The molecule has 108 valence electrons. The average molecular weight is 281 g/mol. The molecule has 4 rings (SSSR count). The maximum absolute atomic E-state index is 12.4. The van der Waals surface area contributed by atoms with Crippen molar-refractivity contribution in [2.24, 2.45) is 13.0 Å². The summed E-state index contributed by atoms with van der Waals surface area (Å²) in [5, 5.41) is 3.08. The number of benzene rings is 1. The van der Waals surface area contributed by atoms with E-state index in [2.05, 4.69) is 22.4 Å². The van der Waals surface area contributed by atoms with Crippen LogP contribution in [0.4, 0.5) is 5.69 Å². The molecular weight excluding hydrogens is 262 g/mol. The van der Waals surface area contributed by atoms with Crippen molar-refractivity contribution in [2.75, 3.05) is 5.32 Å². The van der Waals surface area contributed by atoms with Crippen molar-refractivity contribution in [1.82, 2.24) is 9.55 Å². The molecule has 2 aliphatic carbocycles. The highest BCUT2D eigenvalue weighted by Crippen LogP contribution is 2.47. The van der Waals surface area contributed by atoms with E-state index in [1.807, 2.05) is 23.9 Å². The summed E-state index contributed by atoms with van der Waals surface area (Å²) in [6.07, 6.45) is 8.14. The number of aryl methyl sites for hydroxylation is 3. The topological polar surface area (TPSA) is 46.9 Å². The zero-order valence-electron chi connectivity index (χ0n) is 12.2. The molecule has 2 aliphatic rings. The SMILES string of the molecule is Cn1cncc1[C@@H]1C[C@H]1C(=O)Nc1ccc2c(c1)CCC2. The molecule has 4 heteroatoms. The van der Waals surface area contributed by atoms with Crippen molar-refractivity contribution in [2.45, 2.75) is 31.6 Å². The molecule has 0 aliphatic heterocycles. The Bertz CT molecular complexity index is 704. The van der Waals surface area contributed by atoms with Crippen LogP contribution in [0, 0.1) is 5.92 Å². The van der Waals surface area contributed by atoms with E-state index < -0.39 is 0 Å². The second-order valence-electron chi connectivity index (χ2n) is 6.20. The lowest BCUT2D eigenvalue weighted by Gasteiger charge is -2.07. The Hall–Kier alpha value is -2.10. The number of nitrogens with zero attached hydrogens (tertiary/aromatic N) is 2. The molecule has 1 aromatic heterocycles. The number of hydrogen-bond donors (Lipinski definition) is 1. The third kappa shape index (κ3) is 2.24. The summed E-state index contributed by atoms with van der Waals surface area (Å²) < 4.78 is 2.01. The van der Waals surface area contributed by atoms with E-state index in [-0.39, 0.29) is 11.8 Å². The Morgan fingerprint density at radius 1 is 1.33 bits per heavy atom. The fourth-order valence-corrected chi connectivity index (χ4v) is 3.42. The Labute approximate surface area is 124 Å². The van der Waals surface area contributed by atoms with Crippen LogP contribution < -0.4 is 5.32 Å². The van der Waals surface area contributed by atoms with Crippen molar-refractivity contribution >= 4 is 11.6 Å². The molecule has 1 heterocycles. The van der Waals surface area contributed by atoms with Crippen LogP contribution >= 0.6 is 0 Å². The first-order chi connectivity index (χ1) is 10.2. The number of amides is 1. The van der Waals surface area contributed by atoms with E-state index in [4.69, 9.17) is 0 Å². The van der Waals surface area contributed by atoms with Crippen LogP contribution in [0.3, 0.4) is 0 Å². The monoisotopic (exact) mass is 281 g/mol. The third-order valence-corrected chi connectivity index (χ3v) is 4.73. The highest BCUT2D eigenvalue weighted by Gasteiger charge is 2.45. The molecule has 1 N–H and O–H groups in total. The summed E-state index contributed by atoms with van der Waals surface area (Å²) >= 11 is 0. The first-order valence-electron chi connectivity index (χ1n) is 7.61. The number of carbonyl (C=O) groups is 1. The van der Waals surface area contributed by atoms with Gasteiger partial charge in [-0.3, -0.25) is 4.79 Å². The van der Waals surface area contributed by atoms with Crippen LogP contribution in [-0.2, 0) is 24.7 Å². The van der Waals surface area contributed by atoms with Crippen LogP contribution in [-0.4, -0.2) is 15.5 Å². The second-order valence-corrected chi connectivity index (χ2v) is 6.20. The van der Waals surface area contributed by atoms with Gasteiger partial charge in [0.25, 0.3) is 0 Å². The van der Waals surface area contributed by atoms with Crippen molar-refractivity contribution in [1.29, 1.82) is 0 Å². The maximum atomic E-state index is 12.4. The highest BCUT2D eigenvalue weighted by molar-refractivity contribution is 5.95. The lowest BCUT2D eigenvalue weighted by molar-refractivity contribution is -0.117. The number of aromatic nitrogens is 2. The summed E-state index contributed by atoms with van der Waals surface area (Å²) in [4.78, 5) is 16.5. The largest absolute Gasteiger partial charge is 0.337 e. The number of imidazole rings is 1. The predicted octanol–water partition coefficient (Wildman–Crippen LogP) is 2.65. The van der Waals surface area contributed by atoms with E-state index in [1.165, 1.54) is 24.0 Å². The molecule has 0 radical (unpaired) electrons. The van der Waals surface area contributed by atoms with E-state index in [0.717, 1.165) is 24.2 Å². The Kier molecular flexibility index (Phi) is 2.84. The maximum Gasteiger partial charge on any atom is 0.228 e. The smallest absolute Gasteiger partial charge is 0.228 e. The van der Waals surface area contributed by atoms with Gasteiger partial charge in [0.15, 0.2) is 0 Å². The molecule has 0 spiro atoms. The Morgan fingerprint density at radius 2 is 2.19 bits per heavy atom. The average Bonchev–Trinajstić information content (AvgIpc) is 2.92. The number of carbonyl (C=O) groups excluding carboxylic acids is 1. The molecular formula is C17H19N3O. The number of rotatable bonds is 3. The van der Waals surface area contributed by atoms with Gasteiger partial charge in [0.1, 0.15) is 0 Å². The zero-order chi connectivity index (χ0) is 14.4. The standard InChI is InChI=1S/C17H19N3O/c1-20-10-18-9-16(20)14-8-15(14)17(21)19-13-6-5-11-3-2-4-12(11)7-13/h5-7,9-10,14-15H,2-4,8H2,1H3,(H,19,21)/t14-,15-/m1/s1. The molecule has 0 bridgehead atoms. The quantitative estimate of drug-likeness (QED) is 0.940. The molecule has 1 amide bonds. The zero-order valence-corrected chi connectivity index (χ0v) is 12.2. The van der Waals surface area contributed by atoms with E-state index in [9.17, 15) is 4.79 Å². The van der Waals surface area contributed by atoms with Crippen LogP contribution in [0.5, 0.6) is 0 Å². The van der Waals surface area contributed by atoms with Gasteiger partial charge in [-0.15, -0.1) is 0 Å². The number of hydrogen-bond acceptors (Lipinski definition) is 2. The number of nitrogens with one attached hydrogen (secondary N) is 1. The molecule has 21 heavy (non-hydrogen) atoms. The third-order valence-electron chi connectivity index (χ3n) is 4.73. The van der Waals surface area contributed by atoms with Gasteiger partial charge in [-0.05, 0) is 48.9 Å². The molecule has 2 aromatic rings. The van der Waals surface area contributed by atoms with Gasteiger partial charge < -0.3 is 9.88 Å². The normalized spacial score (nSPS) is 22.9. The molecule has 1 aromatic carbocycles. The molecule has 1 fully saturated rings. The predicted molar refractivity (Wildman–Crippen MR) is 81.2 cm³/mol. The van der Waals surface area contributed by atoms with Crippen molar-refractivity contribution in [3.05, 3.63) is 47.5 Å². The molecule has 0 unspecified atom stereocenters. The van der Waals surface area contributed by atoms with Crippen molar-refractivity contribution < 1.29 is 4.79 Å². The summed E-state index contributed by atoms with van der Waals surface area (Å²) in [5.41, 5.74) is 4.93. The van der Waals surface area contributed by atoms with Crippen LogP contribution in [0.2, 0.25) is 0 Å². The minimum Gasteiger partial charge on any atom is -0.337 e.